The van der Waals surface area contributed by atoms with Crippen LogP contribution in [0.4, 0.5) is 13.2 Å². The highest BCUT2D eigenvalue weighted by atomic mass is 19.4. The first-order valence-electron chi connectivity index (χ1n) is 8.88. The molecule has 0 unspecified atom stereocenters. The monoisotopic (exact) mass is 413 g/mol. The molecule has 0 atom stereocenters. The Bertz CT molecular complexity index is 1230. The van der Waals surface area contributed by atoms with Crippen molar-refractivity contribution in [3.63, 3.8) is 0 Å². The van der Waals surface area contributed by atoms with E-state index in [-0.39, 0.29) is 11.3 Å². The normalized spacial score (nSPS) is 11.6. The molecule has 4 aromatic rings. The lowest BCUT2D eigenvalue weighted by Crippen LogP contribution is -2.25. The molecule has 0 radical (unpaired) electrons. The number of hydrogen-bond donors (Lipinski definition) is 0. The number of halogens is 3. The molecule has 7 nitrogen and oxygen atoms in total. The van der Waals surface area contributed by atoms with Gasteiger partial charge in [0.15, 0.2) is 0 Å². The fourth-order valence-electron chi connectivity index (χ4n) is 2.94. The summed E-state index contributed by atoms with van der Waals surface area (Å²) < 4.78 is 42.1. The van der Waals surface area contributed by atoms with Gasteiger partial charge in [0.2, 0.25) is 0 Å². The molecule has 0 aliphatic rings. The van der Waals surface area contributed by atoms with Gasteiger partial charge in [0.25, 0.3) is 5.56 Å². The van der Waals surface area contributed by atoms with E-state index in [1.807, 2.05) is 0 Å². The Morgan fingerprint density at radius 2 is 1.77 bits per heavy atom. The van der Waals surface area contributed by atoms with Crippen LogP contribution in [0.15, 0.2) is 65.8 Å². The molecule has 2 heterocycles. The van der Waals surface area contributed by atoms with Gasteiger partial charge in [0.05, 0.1) is 11.9 Å². The Morgan fingerprint density at radius 3 is 2.47 bits per heavy atom. The maximum atomic E-state index is 12.8. The van der Waals surface area contributed by atoms with Gasteiger partial charge in [-0.05, 0) is 41.5 Å². The predicted molar refractivity (Wildman–Crippen MR) is 102 cm³/mol. The minimum absolute atomic E-state index is 0.298. The highest BCUT2D eigenvalue weighted by Crippen LogP contribution is 2.27. The number of hydrogen-bond acceptors (Lipinski definition) is 6. The van der Waals surface area contributed by atoms with Crippen LogP contribution < -0.4 is 10.3 Å². The lowest BCUT2D eigenvalue weighted by Gasteiger charge is -2.10. The zero-order chi connectivity index (χ0) is 21.1. The second-order valence-electron chi connectivity index (χ2n) is 6.37. The summed E-state index contributed by atoms with van der Waals surface area (Å²) in [5.74, 6) is -0.315. The van der Waals surface area contributed by atoms with Crippen LogP contribution in [-0.4, -0.2) is 31.3 Å². The van der Waals surface area contributed by atoms with E-state index in [0.717, 1.165) is 5.69 Å². The molecular formula is C20H14F3N5O2. The first-order valence-corrected chi connectivity index (χ1v) is 8.88. The smallest absolute Gasteiger partial charge is 0.406 e. The second kappa shape index (κ2) is 7.90. The van der Waals surface area contributed by atoms with E-state index in [4.69, 9.17) is 0 Å². The highest BCUT2D eigenvalue weighted by Gasteiger charge is 2.30. The van der Waals surface area contributed by atoms with Crippen molar-refractivity contribution in [1.29, 1.82) is 0 Å². The molecule has 2 aromatic carbocycles. The van der Waals surface area contributed by atoms with Crippen molar-refractivity contribution in [2.24, 2.45) is 0 Å². The molecule has 30 heavy (non-hydrogen) atoms. The van der Waals surface area contributed by atoms with Crippen molar-refractivity contribution in [3.8, 4) is 16.9 Å². The molecule has 0 aliphatic heterocycles. The van der Waals surface area contributed by atoms with Gasteiger partial charge < -0.3 is 4.74 Å². The molecule has 0 aliphatic carbocycles. The lowest BCUT2D eigenvalue weighted by atomic mass is 10.0. The third kappa shape index (κ3) is 4.43. The van der Waals surface area contributed by atoms with Gasteiger partial charge in [-0.25, -0.2) is 14.6 Å². The molecule has 4 rings (SSSR count). The molecular weight excluding hydrogens is 399 g/mol. The third-order valence-corrected chi connectivity index (χ3v) is 4.37. The number of aryl methyl sites for hydroxylation is 2. The zero-order valence-corrected chi connectivity index (χ0v) is 15.4. The lowest BCUT2D eigenvalue weighted by molar-refractivity contribution is -0.274. The number of aromatic nitrogens is 5. The zero-order valence-electron chi connectivity index (χ0n) is 15.4. The summed E-state index contributed by atoms with van der Waals surface area (Å²) in [6.07, 6.45) is -1.21. The van der Waals surface area contributed by atoms with Gasteiger partial charge >= 0.3 is 6.36 Å². The van der Waals surface area contributed by atoms with Crippen molar-refractivity contribution < 1.29 is 17.9 Å². The summed E-state index contributed by atoms with van der Waals surface area (Å²) in [7, 11) is 0. The first kappa shape index (κ1) is 19.5. The molecule has 0 bridgehead atoms. The van der Waals surface area contributed by atoms with Gasteiger partial charge in [-0.15, -0.1) is 18.3 Å². The second-order valence-corrected chi connectivity index (χ2v) is 6.37. The highest BCUT2D eigenvalue weighted by molar-refractivity contribution is 5.83. The summed E-state index contributed by atoms with van der Waals surface area (Å²) in [6.45, 7) is 0.298. The van der Waals surface area contributed by atoms with Crippen molar-refractivity contribution in [1.82, 2.24) is 25.0 Å². The van der Waals surface area contributed by atoms with Gasteiger partial charge in [-0.1, -0.05) is 23.4 Å². The average molecular weight is 413 g/mol. The topological polar surface area (TPSA) is 82.8 Å². The van der Waals surface area contributed by atoms with Crippen LogP contribution in [0.2, 0.25) is 0 Å². The molecule has 2 aromatic heterocycles. The first-order chi connectivity index (χ1) is 14.4. The Balaban J connectivity index is 1.61. The average Bonchev–Trinajstić information content (AvgIpc) is 2.73. The maximum Gasteiger partial charge on any atom is 0.573 e. The third-order valence-electron chi connectivity index (χ3n) is 4.37. The molecule has 152 valence electrons. The van der Waals surface area contributed by atoms with Crippen LogP contribution in [0.25, 0.3) is 22.0 Å². The van der Waals surface area contributed by atoms with E-state index in [1.165, 1.54) is 35.3 Å². The van der Waals surface area contributed by atoms with Gasteiger partial charge in [-0.2, -0.15) is 0 Å². The number of benzene rings is 2. The van der Waals surface area contributed by atoms with Crippen LogP contribution in [0, 0.1) is 0 Å². The Hall–Kier alpha value is -3.82. The summed E-state index contributed by atoms with van der Waals surface area (Å²) in [5.41, 5.74) is 2.18. The minimum Gasteiger partial charge on any atom is -0.406 e. The molecule has 0 saturated heterocycles. The molecule has 0 saturated carbocycles. The Labute approximate surface area is 167 Å². The van der Waals surface area contributed by atoms with E-state index >= 15 is 0 Å². The van der Waals surface area contributed by atoms with Gasteiger partial charge in [0.1, 0.15) is 17.6 Å². The number of ether oxygens (including phenoxy) is 1. The van der Waals surface area contributed by atoms with E-state index in [2.05, 4.69) is 25.0 Å². The summed E-state index contributed by atoms with van der Waals surface area (Å²) in [5, 5.41) is 8.40. The molecule has 0 N–H and O–H groups in total. The van der Waals surface area contributed by atoms with E-state index < -0.39 is 6.36 Å². The number of nitrogens with zero attached hydrogens (tertiary/aromatic N) is 5. The van der Waals surface area contributed by atoms with Crippen LogP contribution >= 0.6 is 0 Å². The summed E-state index contributed by atoms with van der Waals surface area (Å²) >= 11 is 0. The number of fused-ring (bicyclic) bond motifs is 1. The van der Waals surface area contributed by atoms with Crippen molar-refractivity contribution in [2.45, 2.75) is 19.3 Å². The van der Waals surface area contributed by atoms with Crippen LogP contribution in [0.5, 0.6) is 5.75 Å². The van der Waals surface area contributed by atoms with Crippen molar-refractivity contribution in [2.75, 3.05) is 0 Å². The van der Waals surface area contributed by atoms with E-state index in [9.17, 15) is 18.0 Å². The van der Waals surface area contributed by atoms with Crippen LogP contribution in [0.3, 0.4) is 0 Å². The summed E-state index contributed by atoms with van der Waals surface area (Å²) in [6, 6.07) is 12.2. The van der Waals surface area contributed by atoms with Crippen LogP contribution in [-0.2, 0) is 13.0 Å². The minimum atomic E-state index is -4.75. The van der Waals surface area contributed by atoms with E-state index in [0.29, 0.717) is 35.0 Å². The van der Waals surface area contributed by atoms with Crippen LogP contribution in [0.1, 0.15) is 5.69 Å². The summed E-state index contributed by atoms with van der Waals surface area (Å²) in [4.78, 5) is 20.8. The molecule has 0 spiro atoms. The maximum absolute atomic E-state index is 12.8. The van der Waals surface area contributed by atoms with Crippen molar-refractivity contribution in [3.05, 3.63) is 77.1 Å². The number of rotatable bonds is 5. The Kier molecular flexibility index (Phi) is 5.13. The Morgan fingerprint density at radius 1 is 1.00 bits per heavy atom. The largest absolute Gasteiger partial charge is 0.573 e. The fourth-order valence-corrected chi connectivity index (χ4v) is 2.94. The van der Waals surface area contributed by atoms with Crippen molar-refractivity contribution >= 4 is 10.9 Å². The SMILES string of the molecule is O=c1c2cc(-c3ccc(OC(F)(F)F)cc3)ccc2nnn1CCc1ccncn1. The molecule has 10 heteroatoms. The van der Waals surface area contributed by atoms with Gasteiger partial charge in [0, 0.05) is 18.3 Å². The number of alkyl halides is 3. The quantitative estimate of drug-likeness (QED) is 0.499. The van der Waals surface area contributed by atoms with E-state index in [1.54, 1.807) is 30.5 Å². The predicted octanol–water partition coefficient (Wildman–Crippen LogP) is 3.39. The molecule has 0 fully saturated rings. The molecule has 0 amide bonds. The standard InChI is InChI=1S/C20H14F3N5O2/c21-20(22,23)30-16-4-1-13(2-5-16)14-3-6-18-17(11-14)19(29)28(27-26-18)10-8-15-7-9-24-12-25-15/h1-7,9,11-12H,8,10H2. The fraction of sp³-hybridized carbons (Fsp3) is 0.150. The van der Waals surface area contributed by atoms with Gasteiger partial charge in [-0.3, -0.25) is 4.79 Å².